The molecular formula is C20H26F3N3O4. The fourth-order valence-electron chi connectivity index (χ4n) is 2.89. The molecule has 1 atom stereocenters. The Morgan fingerprint density at radius 2 is 1.90 bits per heavy atom. The van der Waals surface area contributed by atoms with Crippen molar-refractivity contribution in [3.63, 3.8) is 0 Å². The third-order valence-corrected chi connectivity index (χ3v) is 4.68. The molecule has 1 aliphatic rings. The molecule has 0 amide bonds. The minimum Gasteiger partial charge on any atom is -0.506 e. The van der Waals surface area contributed by atoms with E-state index in [0.29, 0.717) is 32.2 Å². The van der Waals surface area contributed by atoms with Crippen LogP contribution >= 0.6 is 0 Å². The number of carbonyl (C=O) groups is 1. The second-order valence-corrected chi connectivity index (χ2v) is 6.97. The maximum atomic E-state index is 14.8. The molecule has 0 spiro atoms. The monoisotopic (exact) mass is 429 g/mol. The number of piperazine rings is 1. The number of rotatable bonds is 7. The van der Waals surface area contributed by atoms with E-state index in [1.807, 2.05) is 11.9 Å². The molecule has 1 aromatic rings. The lowest BCUT2D eigenvalue weighted by Crippen LogP contribution is -2.45. The molecule has 0 aromatic heterocycles. The van der Waals surface area contributed by atoms with Gasteiger partial charge in [-0.25, -0.2) is 18.0 Å². The van der Waals surface area contributed by atoms with Crippen molar-refractivity contribution in [1.82, 2.24) is 4.90 Å². The molecule has 0 aliphatic carbocycles. The first-order chi connectivity index (χ1) is 14.2. The van der Waals surface area contributed by atoms with Gasteiger partial charge in [0.05, 0.1) is 24.8 Å². The zero-order chi connectivity index (χ0) is 22.4. The van der Waals surface area contributed by atoms with Gasteiger partial charge in [-0.05, 0) is 27.0 Å². The van der Waals surface area contributed by atoms with Crippen molar-refractivity contribution in [2.24, 2.45) is 4.99 Å². The lowest BCUT2D eigenvalue weighted by atomic mass is 10.1. The first-order valence-electron chi connectivity index (χ1n) is 9.56. The molecule has 2 rings (SSSR count). The van der Waals surface area contributed by atoms with Gasteiger partial charge in [-0.1, -0.05) is 0 Å². The van der Waals surface area contributed by atoms with Gasteiger partial charge in [-0.2, -0.15) is 0 Å². The lowest BCUT2D eigenvalue weighted by molar-refractivity contribution is -0.137. The molecule has 1 heterocycles. The van der Waals surface area contributed by atoms with Crippen LogP contribution in [0, 0.1) is 17.5 Å². The molecule has 1 aliphatic heterocycles. The quantitative estimate of drug-likeness (QED) is 0.227. The lowest BCUT2D eigenvalue weighted by Gasteiger charge is -2.34. The molecular weight excluding hydrogens is 403 g/mol. The van der Waals surface area contributed by atoms with Crippen LogP contribution in [0.5, 0.6) is 0 Å². The van der Waals surface area contributed by atoms with Crippen LogP contribution in [0.4, 0.5) is 18.9 Å². The standard InChI is InChI=1S/C20H26F3N3O4/c1-4-30-20(29)14(10-24-12(2)11-27)19(28)13-9-15(21)18(17(23)16(13)22)26-7-5-25(3)6-8-26/h9-10,12,27-28H,4-8,11H2,1-3H3/b19-14+,24-10?/t12-/m0/s1. The van der Waals surface area contributed by atoms with Gasteiger partial charge < -0.3 is 24.7 Å². The van der Waals surface area contributed by atoms with Gasteiger partial charge in [0.25, 0.3) is 0 Å². The maximum absolute atomic E-state index is 14.8. The Morgan fingerprint density at radius 3 is 2.47 bits per heavy atom. The van der Waals surface area contributed by atoms with Crippen LogP contribution in [-0.2, 0) is 9.53 Å². The number of nitrogens with zero attached hydrogens (tertiary/aromatic N) is 3. The molecule has 1 saturated heterocycles. The van der Waals surface area contributed by atoms with Gasteiger partial charge in [0, 0.05) is 32.4 Å². The van der Waals surface area contributed by atoms with E-state index in [9.17, 15) is 23.1 Å². The highest BCUT2D eigenvalue weighted by Crippen LogP contribution is 2.32. The summed E-state index contributed by atoms with van der Waals surface area (Å²) in [6.07, 6.45) is 0.887. The van der Waals surface area contributed by atoms with Gasteiger partial charge in [-0.3, -0.25) is 4.99 Å². The number of benzene rings is 1. The SMILES string of the molecule is CCOC(=O)/C(C=N[C@@H](C)CO)=C(/O)c1cc(F)c(N2CCN(C)CC2)c(F)c1F. The minimum atomic E-state index is -1.49. The summed E-state index contributed by atoms with van der Waals surface area (Å²) < 4.78 is 49.1. The molecule has 1 aromatic carbocycles. The van der Waals surface area contributed by atoms with E-state index in [2.05, 4.69) is 4.99 Å². The van der Waals surface area contributed by atoms with Crippen LogP contribution in [0.25, 0.3) is 5.76 Å². The predicted molar refractivity (Wildman–Crippen MR) is 107 cm³/mol. The molecule has 0 bridgehead atoms. The fourth-order valence-corrected chi connectivity index (χ4v) is 2.89. The van der Waals surface area contributed by atoms with E-state index >= 15 is 0 Å². The third-order valence-electron chi connectivity index (χ3n) is 4.68. The van der Waals surface area contributed by atoms with E-state index in [1.165, 1.54) is 18.7 Å². The highest BCUT2D eigenvalue weighted by molar-refractivity contribution is 6.15. The van der Waals surface area contributed by atoms with E-state index < -0.39 is 52.0 Å². The van der Waals surface area contributed by atoms with Crippen LogP contribution in [0.15, 0.2) is 16.6 Å². The Morgan fingerprint density at radius 1 is 1.27 bits per heavy atom. The number of ether oxygens (including phenoxy) is 1. The number of likely N-dealkylation sites (N-methyl/N-ethyl adjacent to an activating group) is 1. The van der Waals surface area contributed by atoms with Crippen molar-refractivity contribution in [3.8, 4) is 0 Å². The van der Waals surface area contributed by atoms with Gasteiger partial charge in [0.2, 0.25) is 0 Å². The van der Waals surface area contributed by atoms with Crippen molar-refractivity contribution in [2.75, 3.05) is 51.3 Å². The zero-order valence-electron chi connectivity index (χ0n) is 17.2. The first kappa shape index (κ1) is 23.7. The summed E-state index contributed by atoms with van der Waals surface area (Å²) in [5, 5.41) is 19.5. The number of hydrogen-bond donors (Lipinski definition) is 2. The second kappa shape index (κ2) is 10.4. The average Bonchev–Trinajstić information content (AvgIpc) is 2.72. The van der Waals surface area contributed by atoms with E-state index in [4.69, 9.17) is 9.84 Å². The van der Waals surface area contributed by atoms with Crippen LogP contribution in [0.1, 0.15) is 19.4 Å². The molecule has 0 saturated carbocycles. The number of aliphatic imine (C=N–C) groups is 1. The van der Waals surface area contributed by atoms with Gasteiger partial charge in [-0.15, -0.1) is 0 Å². The van der Waals surface area contributed by atoms with Crippen molar-refractivity contribution in [1.29, 1.82) is 0 Å². The normalized spacial score (nSPS) is 17.2. The largest absolute Gasteiger partial charge is 0.506 e. The van der Waals surface area contributed by atoms with E-state index in [-0.39, 0.29) is 13.2 Å². The van der Waals surface area contributed by atoms with Crippen LogP contribution in [0.2, 0.25) is 0 Å². The minimum absolute atomic E-state index is 0.0491. The van der Waals surface area contributed by atoms with Crippen LogP contribution < -0.4 is 4.90 Å². The summed E-state index contributed by atoms with van der Waals surface area (Å²) in [5.41, 5.74) is -1.92. The van der Waals surface area contributed by atoms with Crippen molar-refractivity contribution >= 4 is 23.6 Å². The Balaban J connectivity index is 2.53. The molecule has 0 unspecified atom stereocenters. The highest BCUT2D eigenvalue weighted by Gasteiger charge is 2.28. The Bertz CT molecular complexity index is 837. The zero-order valence-corrected chi connectivity index (χ0v) is 17.2. The van der Waals surface area contributed by atoms with Gasteiger partial charge in [0.1, 0.15) is 22.8 Å². The molecule has 10 heteroatoms. The van der Waals surface area contributed by atoms with Gasteiger partial charge >= 0.3 is 5.97 Å². The number of hydrogen-bond acceptors (Lipinski definition) is 7. The smallest absolute Gasteiger partial charge is 0.343 e. The van der Waals surface area contributed by atoms with Crippen molar-refractivity contribution < 1.29 is 32.9 Å². The van der Waals surface area contributed by atoms with Crippen LogP contribution in [-0.4, -0.2) is 79.8 Å². The summed E-state index contributed by atoms with van der Waals surface area (Å²) in [4.78, 5) is 19.4. The molecule has 166 valence electrons. The topological polar surface area (TPSA) is 85.6 Å². The molecule has 7 nitrogen and oxygen atoms in total. The van der Waals surface area contributed by atoms with E-state index in [0.717, 1.165) is 6.21 Å². The maximum Gasteiger partial charge on any atom is 0.343 e. The van der Waals surface area contributed by atoms with Crippen LogP contribution in [0.3, 0.4) is 0 Å². The number of halogens is 3. The Kier molecular flexibility index (Phi) is 8.24. The Labute approximate surface area is 173 Å². The molecule has 0 radical (unpaired) electrons. The number of anilines is 1. The predicted octanol–water partition coefficient (Wildman–Crippen LogP) is 2.14. The van der Waals surface area contributed by atoms with Crippen molar-refractivity contribution in [2.45, 2.75) is 19.9 Å². The molecule has 2 N–H and O–H groups in total. The second-order valence-electron chi connectivity index (χ2n) is 6.97. The highest BCUT2D eigenvalue weighted by atomic mass is 19.2. The number of aliphatic hydroxyl groups is 2. The van der Waals surface area contributed by atoms with Crippen molar-refractivity contribution in [3.05, 3.63) is 34.7 Å². The third kappa shape index (κ3) is 5.31. The average molecular weight is 429 g/mol. The number of carbonyl (C=O) groups excluding carboxylic acids is 1. The van der Waals surface area contributed by atoms with E-state index in [1.54, 1.807) is 0 Å². The Hall–Kier alpha value is -2.59. The molecule has 30 heavy (non-hydrogen) atoms. The summed E-state index contributed by atoms with van der Waals surface area (Å²) >= 11 is 0. The summed E-state index contributed by atoms with van der Waals surface area (Å²) in [5.74, 6) is -6.07. The number of esters is 1. The summed E-state index contributed by atoms with van der Waals surface area (Å²) in [6.45, 7) is 4.39. The molecule has 1 fully saturated rings. The fraction of sp³-hybridized carbons (Fsp3) is 0.500. The van der Waals surface area contributed by atoms with Gasteiger partial charge in [0.15, 0.2) is 11.6 Å². The number of aliphatic hydroxyl groups excluding tert-OH is 2. The first-order valence-corrected chi connectivity index (χ1v) is 9.56. The summed E-state index contributed by atoms with van der Waals surface area (Å²) in [7, 11) is 1.87. The summed E-state index contributed by atoms with van der Waals surface area (Å²) in [6, 6.07) is 0.0179.